The first-order valence-corrected chi connectivity index (χ1v) is 3.52. The Balaban J connectivity index is 2.75. The van der Waals surface area contributed by atoms with Gasteiger partial charge in [0.15, 0.2) is 6.10 Å². The van der Waals surface area contributed by atoms with Gasteiger partial charge in [-0.3, -0.25) is 4.79 Å². The molecule has 0 bridgehead atoms. The fourth-order valence-electron chi connectivity index (χ4n) is 0.940. The van der Waals surface area contributed by atoms with Crippen LogP contribution in [0.4, 0.5) is 4.79 Å². The van der Waals surface area contributed by atoms with Crippen molar-refractivity contribution in [1.29, 1.82) is 0 Å². The average molecular weight is 157 g/mol. The average Bonchev–Trinajstić information content (AvgIpc) is 2.17. The molecule has 4 nitrogen and oxygen atoms in total. The summed E-state index contributed by atoms with van der Waals surface area (Å²) in [5.74, 6) is -0.193. The van der Waals surface area contributed by atoms with Crippen molar-refractivity contribution >= 4 is 12.0 Å². The van der Waals surface area contributed by atoms with Crippen LogP contribution in [0.2, 0.25) is 0 Å². The van der Waals surface area contributed by atoms with Crippen LogP contribution >= 0.6 is 0 Å². The molecule has 1 fully saturated rings. The van der Waals surface area contributed by atoms with Crippen molar-refractivity contribution in [2.24, 2.45) is 5.92 Å². The number of amides is 2. The minimum atomic E-state index is -0.576. The van der Waals surface area contributed by atoms with E-state index >= 15 is 0 Å². The Morgan fingerprint density at radius 1 is 1.45 bits per heavy atom. The highest BCUT2D eigenvalue weighted by Gasteiger charge is 2.39. The number of carbonyl (C=O) groups excluding carboxylic acids is 2. The van der Waals surface area contributed by atoms with Gasteiger partial charge in [0.25, 0.3) is 5.91 Å². The minimum Gasteiger partial charge on any atom is -0.435 e. The Morgan fingerprint density at radius 2 is 2.00 bits per heavy atom. The van der Waals surface area contributed by atoms with Crippen LogP contribution in [0, 0.1) is 5.92 Å². The molecular formula is C7H11NO3. The van der Waals surface area contributed by atoms with Gasteiger partial charge in [-0.2, -0.15) is 0 Å². The number of ether oxygens (including phenoxy) is 1. The van der Waals surface area contributed by atoms with Crippen molar-refractivity contribution in [3.8, 4) is 0 Å². The lowest BCUT2D eigenvalue weighted by Gasteiger charge is -2.08. The summed E-state index contributed by atoms with van der Waals surface area (Å²) in [6, 6.07) is 0. The first-order valence-electron chi connectivity index (χ1n) is 3.52. The first kappa shape index (κ1) is 8.04. The molecule has 0 aromatic heterocycles. The zero-order valence-electron chi connectivity index (χ0n) is 6.83. The van der Waals surface area contributed by atoms with Gasteiger partial charge >= 0.3 is 6.09 Å². The van der Waals surface area contributed by atoms with Crippen molar-refractivity contribution in [3.63, 3.8) is 0 Å². The quantitative estimate of drug-likeness (QED) is 0.560. The van der Waals surface area contributed by atoms with Gasteiger partial charge in [-0.25, -0.2) is 9.69 Å². The van der Waals surface area contributed by atoms with Crippen LogP contribution in [0.5, 0.6) is 0 Å². The van der Waals surface area contributed by atoms with E-state index in [1.165, 1.54) is 7.05 Å². The number of nitrogens with zero attached hydrogens (tertiary/aromatic N) is 1. The number of hydrogen-bond donors (Lipinski definition) is 0. The molecule has 0 aromatic rings. The van der Waals surface area contributed by atoms with E-state index in [9.17, 15) is 9.59 Å². The number of cyclic esters (lactones) is 1. The Kier molecular flexibility index (Phi) is 1.85. The summed E-state index contributed by atoms with van der Waals surface area (Å²) in [4.78, 5) is 22.9. The van der Waals surface area contributed by atoms with Crippen molar-refractivity contribution in [2.75, 3.05) is 7.05 Å². The molecule has 0 spiro atoms. The largest absolute Gasteiger partial charge is 0.435 e. The van der Waals surface area contributed by atoms with E-state index in [0.29, 0.717) is 0 Å². The van der Waals surface area contributed by atoms with Crippen LogP contribution < -0.4 is 0 Å². The molecule has 1 rings (SSSR count). The molecule has 2 amide bonds. The van der Waals surface area contributed by atoms with E-state index in [-0.39, 0.29) is 11.8 Å². The number of rotatable bonds is 1. The summed E-state index contributed by atoms with van der Waals surface area (Å²) in [5, 5.41) is 0. The van der Waals surface area contributed by atoms with E-state index < -0.39 is 12.2 Å². The van der Waals surface area contributed by atoms with Crippen molar-refractivity contribution in [3.05, 3.63) is 0 Å². The molecule has 0 saturated carbocycles. The first-order chi connectivity index (χ1) is 5.04. The van der Waals surface area contributed by atoms with Gasteiger partial charge in [-0.1, -0.05) is 13.8 Å². The predicted molar refractivity (Wildman–Crippen MR) is 37.9 cm³/mol. The predicted octanol–water partition coefficient (Wildman–Crippen LogP) is 0.620. The van der Waals surface area contributed by atoms with Gasteiger partial charge in [0.05, 0.1) is 0 Å². The fourth-order valence-corrected chi connectivity index (χ4v) is 0.940. The van der Waals surface area contributed by atoms with E-state index in [1.807, 2.05) is 13.8 Å². The number of imide groups is 1. The maximum Gasteiger partial charge on any atom is 0.417 e. The topological polar surface area (TPSA) is 46.6 Å². The Hall–Kier alpha value is -1.06. The van der Waals surface area contributed by atoms with Crippen molar-refractivity contribution < 1.29 is 14.3 Å². The summed E-state index contributed by atoms with van der Waals surface area (Å²) in [5.41, 5.74) is 0. The zero-order valence-corrected chi connectivity index (χ0v) is 6.83. The van der Waals surface area contributed by atoms with Crippen LogP contribution in [-0.4, -0.2) is 30.1 Å². The van der Waals surface area contributed by atoms with E-state index in [2.05, 4.69) is 0 Å². The smallest absolute Gasteiger partial charge is 0.417 e. The number of likely N-dealkylation sites (N-methyl/N-ethyl adjacent to an activating group) is 1. The molecule has 0 aromatic carbocycles. The maximum absolute atomic E-state index is 11.1. The SMILES string of the molecule is CC(C)C1OC(=O)N(C)C1=O. The van der Waals surface area contributed by atoms with Gasteiger partial charge in [-0.05, 0) is 5.92 Å². The lowest BCUT2D eigenvalue weighted by molar-refractivity contribution is -0.130. The lowest BCUT2D eigenvalue weighted by Crippen LogP contribution is -2.29. The highest BCUT2D eigenvalue weighted by Crippen LogP contribution is 2.17. The summed E-state index contributed by atoms with van der Waals surface area (Å²) >= 11 is 0. The minimum absolute atomic E-state index is 0.0522. The maximum atomic E-state index is 11.1. The second-order valence-electron chi connectivity index (χ2n) is 2.95. The lowest BCUT2D eigenvalue weighted by atomic mass is 10.1. The Bertz CT molecular complexity index is 200. The molecule has 0 radical (unpaired) electrons. The monoisotopic (exact) mass is 157 g/mol. The summed E-state index contributed by atoms with van der Waals surface area (Å²) < 4.78 is 4.78. The second-order valence-corrected chi connectivity index (χ2v) is 2.95. The Morgan fingerprint density at radius 3 is 2.18 bits per heavy atom. The van der Waals surface area contributed by atoms with Crippen LogP contribution in [0.1, 0.15) is 13.8 Å². The van der Waals surface area contributed by atoms with E-state index in [4.69, 9.17) is 4.74 Å². The molecule has 4 heteroatoms. The molecule has 62 valence electrons. The van der Waals surface area contributed by atoms with Crippen molar-refractivity contribution in [2.45, 2.75) is 20.0 Å². The third-order valence-electron chi connectivity index (χ3n) is 1.68. The van der Waals surface area contributed by atoms with Gasteiger partial charge < -0.3 is 4.74 Å². The molecule has 1 aliphatic rings. The summed E-state index contributed by atoms with van der Waals surface area (Å²) in [6.07, 6.45) is -1.12. The third-order valence-corrected chi connectivity index (χ3v) is 1.68. The normalized spacial score (nSPS) is 24.7. The van der Waals surface area contributed by atoms with Gasteiger partial charge in [0.1, 0.15) is 0 Å². The molecule has 1 heterocycles. The van der Waals surface area contributed by atoms with E-state index in [0.717, 1.165) is 4.90 Å². The fraction of sp³-hybridized carbons (Fsp3) is 0.714. The molecule has 1 aliphatic heterocycles. The van der Waals surface area contributed by atoms with Crippen LogP contribution in [0.25, 0.3) is 0 Å². The summed E-state index contributed by atoms with van der Waals surface area (Å²) in [6.45, 7) is 3.68. The molecule has 11 heavy (non-hydrogen) atoms. The number of hydrogen-bond acceptors (Lipinski definition) is 3. The van der Waals surface area contributed by atoms with Crippen LogP contribution in [-0.2, 0) is 9.53 Å². The Labute approximate surface area is 65.1 Å². The van der Waals surface area contributed by atoms with Crippen LogP contribution in [0.3, 0.4) is 0 Å². The molecule has 1 unspecified atom stereocenters. The molecule has 0 N–H and O–H groups in total. The van der Waals surface area contributed by atoms with Gasteiger partial charge in [0.2, 0.25) is 0 Å². The molecular weight excluding hydrogens is 146 g/mol. The second kappa shape index (κ2) is 2.53. The van der Waals surface area contributed by atoms with E-state index in [1.54, 1.807) is 0 Å². The molecule has 0 aliphatic carbocycles. The molecule has 1 saturated heterocycles. The van der Waals surface area contributed by atoms with Gasteiger partial charge in [0, 0.05) is 7.05 Å². The molecule has 1 atom stereocenters. The third kappa shape index (κ3) is 1.20. The standard InChI is InChI=1S/C7H11NO3/c1-4(2)5-6(9)8(3)7(10)11-5/h4-5H,1-3H3. The zero-order chi connectivity index (χ0) is 8.59. The highest BCUT2D eigenvalue weighted by atomic mass is 16.6. The summed E-state index contributed by atoms with van der Waals surface area (Å²) in [7, 11) is 1.42. The van der Waals surface area contributed by atoms with Crippen molar-refractivity contribution in [1.82, 2.24) is 4.90 Å². The van der Waals surface area contributed by atoms with Crippen LogP contribution in [0.15, 0.2) is 0 Å². The highest BCUT2D eigenvalue weighted by molar-refractivity contribution is 5.99. The number of carbonyl (C=O) groups is 2. The van der Waals surface area contributed by atoms with Gasteiger partial charge in [-0.15, -0.1) is 0 Å².